The van der Waals surface area contributed by atoms with E-state index in [1.165, 1.54) is 29.7 Å². The molecule has 0 aliphatic carbocycles. The number of aryl methyl sites for hydroxylation is 2. The van der Waals surface area contributed by atoms with E-state index >= 15 is 0 Å². The summed E-state index contributed by atoms with van der Waals surface area (Å²) in [5.74, 6) is 1.36. The highest BCUT2D eigenvalue weighted by atomic mass is 16.4. The highest BCUT2D eigenvalue weighted by Crippen LogP contribution is 2.23. The highest BCUT2D eigenvalue weighted by molar-refractivity contribution is 5.92. The molecule has 0 spiro atoms. The van der Waals surface area contributed by atoms with Gasteiger partial charge in [0.1, 0.15) is 5.76 Å². The van der Waals surface area contributed by atoms with Gasteiger partial charge in [0.2, 0.25) is 0 Å². The molecule has 0 atom stereocenters. The molecule has 3 heterocycles. The fourth-order valence-electron chi connectivity index (χ4n) is 4.56. The molecule has 0 saturated carbocycles. The molecule has 1 amide bonds. The van der Waals surface area contributed by atoms with Crippen molar-refractivity contribution in [1.29, 1.82) is 0 Å². The maximum atomic E-state index is 12.8. The number of likely N-dealkylation sites (tertiary alicyclic amines) is 1. The summed E-state index contributed by atoms with van der Waals surface area (Å²) in [6.07, 6.45) is 5.29. The van der Waals surface area contributed by atoms with Crippen molar-refractivity contribution in [3.05, 3.63) is 53.0 Å². The number of amides is 1. The average molecular weight is 442 g/mol. The van der Waals surface area contributed by atoms with E-state index in [1.54, 1.807) is 0 Å². The number of carbonyl (C=O) groups is 2. The molecule has 1 aromatic carbocycles. The summed E-state index contributed by atoms with van der Waals surface area (Å²) >= 11 is 0. The molecule has 7 nitrogen and oxygen atoms in total. The third-order valence-electron chi connectivity index (χ3n) is 6.23. The summed E-state index contributed by atoms with van der Waals surface area (Å²) in [6.45, 7) is 9.09. The first-order chi connectivity index (χ1) is 15.5. The van der Waals surface area contributed by atoms with Gasteiger partial charge in [-0.25, -0.2) is 0 Å². The van der Waals surface area contributed by atoms with Crippen LogP contribution in [0.1, 0.15) is 60.0 Å². The smallest absolute Gasteiger partial charge is 0.290 e. The van der Waals surface area contributed by atoms with Crippen LogP contribution in [-0.4, -0.2) is 54.6 Å². The van der Waals surface area contributed by atoms with E-state index in [9.17, 15) is 4.79 Å². The predicted octanol–water partition coefficient (Wildman–Crippen LogP) is 3.85. The van der Waals surface area contributed by atoms with Crippen LogP contribution in [0.15, 0.2) is 34.7 Å². The summed E-state index contributed by atoms with van der Waals surface area (Å²) in [6, 6.07) is 10.8. The summed E-state index contributed by atoms with van der Waals surface area (Å²) in [5.41, 5.74) is 3.74. The number of carboxylic acid groups (broad SMARTS) is 1. The van der Waals surface area contributed by atoms with Gasteiger partial charge in [0.05, 0.1) is 0 Å². The molecule has 0 unspecified atom stereocenters. The molecule has 4 rings (SSSR count). The molecule has 0 bridgehead atoms. The lowest BCUT2D eigenvalue weighted by atomic mass is 10.0. The van der Waals surface area contributed by atoms with E-state index in [4.69, 9.17) is 14.3 Å². The zero-order chi connectivity index (χ0) is 22.9. The molecule has 174 valence electrons. The minimum Gasteiger partial charge on any atom is -0.483 e. The lowest BCUT2D eigenvalue weighted by Gasteiger charge is -2.34. The molecule has 2 fully saturated rings. The highest BCUT2D eigenvalue weighted by Gasteiger charge is 2.24. The molecule has 2 aromatic rings. The van der Waals surface area contributed by atoms with Crippen LogP contribution in [0.25, 0.3) is 0 Å². The lowest BCUT2D eigenvalue weighted by molar-refractivity contribution is -0.122. The Morgan fingerprint density at radius 1 is 1.19 bits per heavy atom. The topological polar surface area (TPSA) is 86.0 Å². The first-order valence-corrected chi connectivity index (χ1v) is 11.6. The first kappa shape index (κ1) is 23.9. The van der Waals surface area contributed by atoms with E-state index in [2.05, 4.69) is 53.2 Å². The van der Waals surface area contributed by atoms with Crippen LogP contribution in [0.5, 0.6) is 0 Å². The molecule has 2 N–H and O–H groups in total. The van der Waals surface area contributed by atoms with Gasteiger partial charge in [0.25, 0.3) is 12.4 Å². The number of piperidine rings is 1. The van der Waals surface area contributed by atoms with E-state index in [1.807, 2.05) is 6.07 Å². The monoisotopic (exact) mass is 441 g/mol. The van der Waals surface area contributed by atoms with Gasteiger partial charge < -0.3 is 19.7 Å². The summed E-state index contributed by atoms with van der Waals surface area (Å²) in [5, 5.41) is 10.1. The van der Waals surface area contributed by atoms with Crippen molar-refractivity contribution in [1.82, 2.24) is 10.2 Å². The second kappa shape index (κ2) is 11.7. The molecule has 2 aliphatic heterocycles. The molecule has 2 aliphatic rings. The van der Waals surface area contributed by atoms with Gasteiger partial charge in [-0.3, -0.25) is 14.5 Å². The normalized spacial score (nSPS) is 17.0. The van der Waals surface area contributed by atoms with E-state index in [0.717, 1.165) is 57.7 Å². The number of nitrogens with one attached hydrogen (secondary N) is 1. The van der Waals surface area contributed by atoms with Crippen LogP contribution in [-0.2, 0) is 17.8 Å². The van der Waals surface area contributed by atoms with Crippen LogP contribution in [0.3, 0.4) is 0 Å². The van der Waals surface area contributed by atoms with Crippen LogP contribution in [0, 0.1) is 6.92 Å². The zero-order valence-electron chi connectivity index (χ0n) is 19.2. The van der Waals surface area contributed by atoms with Crippen molar-refractivity contribution in [3.63, 3.8) is 0 Å². The average Bonchev–Trinajstić information content (AvgIpc) is 3.45. The number of benzene rings is 1. The number of anilines is 1. The lowest BCUT2D eigenvalue weighted by Crippen LogP contribution is -2.44. The van der Waals surface area contributed by atoms with E-state index < -0.39 is 0 Å². The largest absolute Gasteiger partial charge is 0.483 e. The van der Waals surface area contributed by atoms with Crippen molar-refractivity contribution >= 4 is 18.1 Å². The molecule has 7 heteroatoms. The quantitative estimate of drug-likeness (QED) is 0.663. The Kier molecular flexibility index (Phi) is 8.73. The third kappa shape index (κ3) is 6.36. The van der Waals surface area contributed by atoms with Gasteiger partial charge in [0.15, 0.2) is 5.76 Å². The molecule has 0 radical (unpaired) electrons. The number of hydrogen-bond acceptors (Lipinski definition) is 5. The van der Waals surface area contributed by atoms with Gasteiger partial charge in [0, 0.05) is 43.3 Å². The number of hydrogen-bond donors (Lipinski definition) is 2. The van der Waals surface area contributed by atoms with E-state index in [0.29, 0.717) is 5.76 Å². The summed E-state index contributed by atoms with van der Waals surface area (Å²) in [7, 11) is 0. The SMILES string of the molecule is CCc1oc(C(=O)NC2CCN(c3cccc(C)c3)CC2)cc1CN1CCCC1.O=CO. The van der Waals surface area contributed by atoms with Crippen LogP contribution in [0.2, 0.25) is 0 Å². The molecule has 32 heavy (non-hydrogen) atoms. The van der Waals surface area contributed by atoms with Gasteiger partial charge >= 0.3 is 0 Å². The first-order valence-electron chi connectivity index (χ1n) is 11.6. The number of rotatable bonds is 6. The molecular formula is C25H35N3O4. The van der Waals surface area contributed by atoms with Crippen LogP contribution >= 0.6 is 0 Å². The van der Waals surface area contributed by atoms with Gasteiger partial charge in [-0.1, -0.05) is 19.1 Å². The standard InChI is InChI=1S/C24H33N3O2.CH2O2/c1-3-22-19(17-26-11-4-5-12-26)16-23(29-22)24(28)25-20-9-13-27(14-10-20)21-8-6-7-18(2)15-21;2-1-3/h6-8,15-16,20H,3-5,9-14,17H2,1-2H3,(H,25,28);1H,(H,2,3). The fraction of sp³-hybridized carbons (Fsp3) is 0.520. The third-order valence-corrected chi connectivity index (χ3v) is 6.23. The fourth-order valence-corrected chi connectivity index (χ4v) is 4.56. The Labute approximate surface area is 190 Å². The summed E-state index contributed by atoms with van der Waals surface area (Å²) in [4.78, 5) is 26.0. The van der Waals surface area contributed by atoms with Crippen molar-refractivity contribution in [2.75, 3.05) is 31.1 Å². The zero-order valence-corrected chi connectivity index (χ0v) is 19.2. The van der Waals surface area contributed by atoms with Crippen molar-refractivity contribution in [2.24, 2.45) is 0 Å². The predicted molar refractivity (Wildman–Crippen MR) is 125 cm³/mol. The van der Waals surface area contributed by atoms with Crippen LogP contribution in [0.4, 0.5) is 5.69 Å². The number of carbonyl (C=O) groups excluding carboxylic acids is 1. The number of furan rings is 1. The van der Waals surface area contributed by atoms with Crippen molar-refractivity contribution < 1.29 is 19.1 Å². The Morgan fingerprint density at radius 2 is 1.88 bits per heavy atom. The van der Waals surface area contributed by atoms with Crippen LogP contribution < -0.4 is 10.2 Å². The molecule has 2 saturated heterocycles. The van der Waals surface area contributed by atoms with Crippen molar-refractivity contribution in [2.45, 2.75) is 58.5 Å². The Balaban J connectivity index is 0.000000913. The van der Waals surface area contributed by atoms with Gasteiger partial charge in [-0.05, 0) is 69.5 Å². The maximum absolute atomic E-state index is 12.8. The maximum Gasteiger partial charge on any atom is 0.290 e. The summed E-state index contributed by atoms with van der Waals surface area (Å²) < 4.78 is 5.93. The van der Waals surface area contributed by atoms with E-state index in [-0.39, 0.29) is 18.4 Å². The Bertz CT molecular complexity index is 881. The minimum absolute atomic E-state index is 0.0682. The Hall–Kier alpha value is -2.80. The second-order valence-electron chi connectivity index (χ2n) is 8.58. The number of nitrogens with zero attached hydrogens (tertiary/aromatic N) is 2. The molecule has 1 aromatic heterocycles. The second-order valence-corrected chi connectivity index (χ2v) is 8.58. The molecular weight excluding hydrogens is 406 g/mol. The minimum atomic E-state index is -0.250. The van der Waals surface area contributed by atoms with Crippen molar-refractivity contribution in [3.8, 4) is 0 Å². The Morgan fingerprint density at radius 3 is 2.50 bits per heavy atom. The van der Waals surface area contributed by atoms with Gasteiger partial charge in [-0.15, -0.1) is 0 Å². The van der Waals surface area contributed by atoms with Gasteiger partial charge in [-0.2, -0.15) is 0 Å².